The Bertz CT molecular complexity index is 1160. The third kappa shape index (κ3) is 2.44. The van der Waals surface area contributed by atoms with Gasteiger partial charge in [0.25, 0.3) is 5.91 Å². The van der Waals surface area contributed by atoms with Gasteiger partial charge in [0.15, 0.2) is 6.39 Å². The van der Waals surface area contributed by atoms with E-state index < -0.39 is 6.04 Å². The van der Waals surface area contributed by atoms with E-state index >= 15 is 0 Å². The van der Waals surface area contributed by atoms with Crippen molar-refractivity contribution in [3.05, 3.63) is 70.7 Å². The number of aromatic amines is 1. The molecule has 5 rings (SSSR count). The van der Waals surface area contributed by atoms with Crippen molar-refractivity contribution in [2.75, 3.05) is 6.54 Å². The van der Waals surface area contributed by atoms with E-state index in [9.17, 15) is 4.79 Å². The number of rotatable bonds is 2. The smallest absolute Gasteiger partial charge is 0.292 e. The van der Waals surface area contributed by atoms with E-state index in [4.69, 9.17) is 16.0 Å². The van der Waals surface area contributed by atoms with Crippen molar-refractivity contribution in [2.45, 2.75) is 19.4 Å². The lowest BCUT2D eigenvalue weighted by molar-refractivity contribution is 0.0653. The Morgan fingerprint density at radius 1 is 1.37 bits per heavy atom. The number of fused-ring (bicyclic) bond motifs is 2. The number of aryl methyl sites for hydroxylation is 1. The highest BCUT2D eigenvalue weighted by Crippen LogP contribution is 2.34. The van der Waals surface area contributed by atoms with Crippen molar-refractivity contribution < 1.29 is 9.21 Å². The lowest BCUT2D eigenvalue weighted by Gasteiger charge is -2.33. The fourth-order valence-electron chi connectivity index (χ4n) is 3.57. The van der Waals surface area contributed by atoms with E-state index in [0.717, 1.165) is 16.9 Å². The summed E-state index contributed by atoms with van der Waals surface area (Å²) in [4.78, 5) is 26.6. The Morgan fingerprint density at radius 2 is 2.26 bits per heavy atom. The summed E-state index contributed by atoms with van der Waals surface area (Å²) in [5.74, 6) is 0.00702. The minimum absolute atomic E-state index is 0.230. The first-order valence-corrected chi connectivity index (χ1v) is 8.88. The average molecular weight is 383 g/mol. The lowest BCUT2D eigenvalue weighted by atomic mass is 9.99. The summed E-state index contributed by atoms with van der Waals surface area (Å²) in [5, 5.41) is 5.14. The molecule has 1 amide bonds. The molecule has 0 aromatic carbocycles. The van der Waals surface area contributed by atoms with Crippen LogP contribution in [0.25, 0.3) is 5.52 Å². The number of nitrogens with zero attached hydrogens (tertiary/aromatic N) is 5. The third-order valence-corrected chi connectivity index (χ3v) is 5.15. The SMILES string of the molecule is Cc1ncoc1C(=O)N1CCc2[nH]cnc2[C@H]1c1cc2cccc(Cl)n2n1. The van der Waals surface area contributed by atoms with E-state index in [2.05, 4.69) is 20.1 Å². The number of halogens is 1. The molecule has 9 heteroatoms. The topological polar surface area (TPSA) is 92.3 Å². The van der Waals surface area contributed by atoms with Gasteiger partial charge in [-0.15, -0.1) is 0 Å². The highest BCUT2D eigenvalue weighted by molar-refractivity contribution is 6.29. The van der Waals surface area contributed by atoms with Gasteiger partial charge in [-0.25, -0.2) is 14.5 Å². The number of nitrogens with one attached hydrogen (secondary N) is 1. The molecule has 136 valence electrons. The highest BCUT2D eigenvalue weighted by Gasteiger charge is 2.37. The van der Waals surface area contributed by atoms with Crippen molar-refractivity contribution in [1.82, 2.24) is 29.5 Å². The second-order valence-electron chi connectivity index (χ2n) is 6.44. The molecule has 4 aromatic rings. The zero-order chi connectivity index (χ0) is 18.5. The zero-order valence-corrected chi connectivity index (χ0v) is 15.1. The van der Waals surface area contributed by atoms with Crippen molar-refractivity contribution in [3.63, 3.8) is 0 Å². The third-order valence-electron chi connectivity index (χ3n) is 4.86. The van der Waals surface area contributed by atoms with Crippen LogP contribution in [0.15, 0.2) is 41.4 Å². The fraction of sp³-hybridized carbons (Fsp3) is 0.222. The van der Waals surface area contributed by atoms with E-state index in [0.29, 0.717) is 29.5 Å². The summed E-state index contributed by atoms with van der Waals surface area (Å²) in [6.45, 7) is 2.26. The molecule has 0 unspecified atom stereocenters. The first kappa shape index (κ1) is 16.1. The van der Waals surface area contributed by atoms with E-state index in [1.165, 1.54) is 6.39 Å². The predicted octanol–water partition coefficient (Wildman–Crippen LogP) is 2.80. The first-order chi connectivity index (χ1) is 13.1. The van der Waals surface area contributed by atoms with Crippen molar-refractivity contribution >= 4 is 23.0 Å². The summed E-state index contributed by atoms with van der Waals surface area (Å²) in [5.41, 5.74) is 3.89. The summed E-state index contributed by atoms with van der Waals surface area (Å²) in [6.07, 6.45) is 3.61. The zero-order valence-electron chi connectivity index (χ0n) is 14.4. The summed E-state index contributed by atoms with van der Waals surface area (Å²) < 4.78 is 6.99. The number of amides is 1. The number of H-pyrrole nitrogens is 1. The van der Waals surface area contributed by atoms with Crippen LogP contribution in [-0.2, 0) is 6.42 Å². The molecule has 1 aliphatic heterocycles. The van der Waals surface area contributed by atoms with Gasteiger partial charge in [-0.3, -0.25) is 4.79 Å². The van der Waals surface area contributed by atoms with Gasteiger partial charge in [-0.2, -0.15) is 5.10 Å². The number of imidazole rings is 1. The van der Waals surface area contributed by atoms with Gasteiger partial charge in [-0.05, 0) is 25.1 Å². The van der Waals surface area contributed by atoms with E-state index in [1.807, 2.05) is 18.2 Å². The minimum atomic E-state index is -0.437. The maximum Gasteiger partial charge on any atom is 0.292 e. The van der Waals surface area contributed by atoms with Crippen molar-refractivity contribution in [1.29, 1.82) is 0 Å². The molecular formula is C18H15ClN6O2. The molecule has 0 fully saturated rings. The molecule has 27 heavy (non-hydrogen) atoms. The Kier molecular flexibility index (Phi) is 3.54. The summed E-state index contributed by atoms with van der Waals surface area (Å²) in [6, 6.07) is 7.04. The summed E-state index contributed by atoms with van der Waals surface area (Å²) >= 11 is 6.26. The number of carbonyl (C=O) groups excluding carboxylic acids is 1. The van der Waals surface area contributed by atoms with Gasteiger partial charge < -0.3 is 14.3 Å². The van der Waals surface area contributed by atoms with Crippen LogP contribution in [0.4, 0.5) is 0 Å². The highest BCUT2D eigenvalue weighted by atomic mass is 35.5. The number of hydrogen-bond acceptors (Lipinski definition) is 5. The molecule has 4 aromatic heterocycles. The number of oxazole rings is 1. The molecule has 1 N–H and O–H groups in total. The van der Waals surface area contributed by atoms with Crippen LogP contribution in [0.1, 0.15) is 39.4 Å². The Labute approximate surface area is 158 Å². The number of pyridine rings is 1. The van der Waals surface area contributed by atoms with Gasteiger partial charge in [0, 0.05) is 18.7 Å². The number of hydrogen-bond donors (Lipinski definition) is 1. The molecule has 0 aliphatic carbocycles. The summed E-state index contributed by atoms with van der Waals surface area (Å²) in [7, 11) is 0. The van der Waals surface area contributed by atoms with Gasteiger partial charge in [0.05, 0.1) is 28.9 Å². The minimum Gasteiger partial charge on any atom is -0.438 e. The molecular weight excluding hydrogens is 368 g/mol. The van der Waals surface area contributed by atoms with Crippen molar-refractivity contribution in [3.8, 4) is 0 Å². The Morgan fingerprint density at radius 3 is 3.04 bits per heavy atom. The van der Waals surface area contributed by atoms with Crippen LogP contribution in [-0.4, -0.2) is 41.9 Å². The van der Waals surface area contributed by atoms with E-state index in [1.54, 1.807) is 28.7 Å². The van der Waals surface area contributed by atoms with Crippen LogP contribution < -0.4 is 0 Å². The first-order valence-electron chi connectivity index (χ1n) is 8.51. The van der Waals surface area contributed by atoms with E-state index in [-0.39, 0.29) is 11.7 Å². The predicted molar refractivity (Wildman–Crippen MR) is 96.6 cm³/mol. The van der Waals surface area contributed by atoms with Gasteiger partial charge in [0.1, 0.15) is 11.2 Å². The molecule has 0 saturated heterocycles. The van der Waals surface area contributed by atoms with Crippen LogP contribution in [0, 0.1) is 6.92 Å². The number of carbonyl (C=O) groups is 1. The Balaban J connectivity index is 1.66. The molecule has 5 heterocycles. The van der Waals surface area contributed by atoms with Crippen LogP contribution in [0.5, 0.6) is 0 Å². The molecule has 0 bridgehead atoms. The second kappa shape index (κ2) is 5.95. The fourth-order valence-corrected chi connectivity index (χ4v) is 3.78. The maximum atomic E-state index is 13.2. The molecule has 8 nitrogen and oxygen atoms in total. The monoisotopic (exact) mass is 382 g/mol. The molecule has 0 saturated carbocycles. The molecule has 1 atom stereocenters. The van der Waals surface area contributed by atoms with Gasteiger partial charge >= 0.3 is 0 Å². The van der Waals surface area contributed by atoms with Gasteiger partial charge in [0.2, 0.25) is 5.76 Å². The van der Waals surface area contributed by atoms with Crippen LogP contribution in [0.2, 0.25) is 5.15 Å². The van der Waals surface area contributed by atoms with Crippen LogP contribution in [0.3, 0.4) is 0 Å². The molecule has 0 radical (unpaired) electrons. The number of aromatic nitrogens is 5. The van der Waals surface area contributed by atoms with Crippen LogP contribution >= 0.6 is 11.6 Å². The average Bonchev–Trinajstić information content (AvgIpc) is 3.39. The molecule has 1 aliphatic rings. The quantitative estimate of drug-likeness (QED) is 0.538. The standard InChI is InChI=1S/C18H15ClN6O2/c1-10-17(27-9-22-10)18(26)24-6-5-12-15(21-8-20-12)16(24)13-7-11-3-2-4-14(19)25(11)23-13/h2-4,7-9,16H,5-6H2,1H3,(H,20,21)/t16-/m1/s1. The second-order valence-corrected chi connectivity index (χ2v) is 6.83. The Hall–Kier alpha value is -3.13. The molecule has 0 spiro atoms. The largest absolute Gasteiger partial charge is 0.438 e. The van der Waals surface area contributed by atoms with Gasteiger partial charge in [-0.1, -0.05) is 17.7 Å². The lowest BCUT2D eigenvalue weighted by Crippen LogP contribution is -2.41. The normalized spacial score (nSPS) is 16.7. The van der Waals surface area contributed by atoms with Crippen molar-refractivity contribution in [2.24, 2.45) is 0 Å². The maximum absolute atomic E-state index is 13.2.